The first-order chi connectivity index (χ1) is 12.1. The molecule has 1 saturated heterocycles. The summed E-state index contributed by atoms with van der Waals surface area (Å²) in [6, 6.07) is 9.27. The molecule has 0 radical (unpaired) electrons. The lowest BCUT2D eigenvalue weighted by Gasteiger charge is -2.31. The van der Waals surface area contributed by atoms with Gasteiger partial charge in [0, 0.05) is 31.4 Å². The minimum atomic E-state index is -0.230. The monoisotopic (exact) mass is 341 g/mol. The first-order valence-corrected chi connectivity index (χ1v) is 8.53. The number of carbonyl (C=O) groups excluding carboxylic acids is 2. The van der Waals surface area contributed by atoms with Crippen LogP contribution in [0.3, 0.4) is 0 Å². The third kappa shape index (κ3) is 4.45. The number of rotatable bonds is 6. The zero-order valence-electron chi connectivity index (χ0n) is 14.1. The van der Waals surface area contributed by atoms with Gasteiger partial charge >= 0.3 is 0 Å². The van der Waals surface area contributed by atoms with Crippen molar-refractivity contribution in [1.29, 1.82) is 0 Å². The average molecular weight is 341 g/mol. The van der Waals surface area contributed by atoms with E-state index < -0.39 is 0 Å². The molecule has 0 bridgehead atoms. The van der Waals surface area contributed by atoms with Crippen LogP contribution in [0.4, 0.5) is 0 Å². The highest BCUT2D eigenvalue weighted by Crippen LogP contribution is 2.17. The van der Waals surface area contributed by atoms with Gasteiger partial charge in [-0.1, -0.05) is 12.1 Å². The number of nitrogens with zero attached hydrogens (tertiary/aromatic N) is 2. The van der Waals surface area contributed by atoms with Crippen LogP contribution in [0, 0.1) is 5.92 Å². The number of carbonyl (C=O) groups is 2. The maximum absolute atomic E-state index is 12.2. The molecular formula is C18H23N5O2. The fourth-order valence-electron chi connectivity index (χ4n) is 3.14. The molecule has 4 N–H and O–H groups in total. The lowest BCUT2D eigenvalue weighted by molar-refractivity contribution is -0.123. The number of primary amides is 1. The Labute approximate surface area is 146 Å². The predicted octanol–water partition coefficient (Wildman–Crippen LogP) is 1.00. The molecule has 1 atom stereocenters. The van der Waals surface area contributed by atoms with E-state index in [0.717, 1.165) is 37.2 Å². The number of likely N-dealkylation sites (tertiary alicyclic amines) is 1. The van der Waals surface area contributed by atoms with Gasteiger partial charge in [-0.15, -0.1) is 0 Å². The molecule has 2 aromatic rings. The number of hydrogen-bond donors (Lipinski definition) is 3. The van der Waals surface area contributed by atoms with E-state index >= 15 is 0 Å². The van der Waals surface area contributed by atoms with E-state index in [1.54, 1.807) is 18.3 Å². The number of aromatic amines is 1. The van der Waals surface area contributed by atoms with E-state index in [4.69, 9.17) is 5.73 Å². The molecule has 3 rings (SSSR count). The molecule has 2 heterocycles. The minimum absolute atomic E-state index is 0.0699. The van der Waals surface area contributed by atoms with E-state index in [2.05, 4.69) is 20.4 Å². The van der Waals surface area contributed by atoms with Crippen LogP contribution in [0.25, 0.3) is 11.3 Å². The summed E-state index contributed by atoms with van der Waals surface area (Å²) in [6.07, 6.45) is 3.52. The van der Waals surface area contributed by atoms with Crippen molar-refractivity contribution in [2.75, 3.05) is 26.2 Å². The van der Waals surface area contributed by atoms with Crippen molar-refractivity contribution >= 4 is 11.8 Å². The third-order valence-corrected chi connectivity index (χ3v) is 4.58. The Morgan fingerprint density at radius 1 is 1.28 bits per heavy atom. The topological polar surface area (TPSA) is 104 Å². The molecule has 1 aliphatic heterocycles. The largest absolute Gasteiger partial charge is 0.369 e. The lowest BCUT2D eigenvalue weighted by Crippen LogP contribution is -2.44. The van der Waals surface area contributed by atoms with Crippen molar-refractivity contribution in [3.05, 3.63) is 42.1 Å². The summed E-state index contributed by atoms with van der Waals surface area (Å²) in [5.74, 6) is -0.398. The Balaban J connectivity index is 1.47. The Morgan fingerprint density at radius 3 is 2.76 bits per heavy atom. The predicted molar refractivity (Wildman–Crippen MR) is 94.7 cm³/mol. The summed E-state index contributed by atoms with van der Waals surface area (Å²) in [6.45, 7) is 2.90. The van der Waals surface area contributed by atoms with Gasteiger partial charge in [0.2, 0.25) is 5.91 Å². The quantitative estimate of drug-likeness (QED) is 0.729. The van der Waals surface area contributed by atoms with Crippen molar-refractivity contribution < 1.29 is 9.59 Å². The Morgan fingerprint density at radius 2 is 2.08 bits per heavy atom. The molecule has 1 aromatic heterocycles. The van der Waals surface area contributed by atoms with Gasteiger partial charge < -0.3 is 16.0 Å². The van der Waals surface area contributed by atoms with Gasteiger partial charge in [0.15, 0.2) is 0 Å². The second kappa shape index (κ2) is 7.94. The molecular weight excluding hydrogens is 318 g/mol. The summed E-state index contributed by atoms with van der Waals surface area (Å²) in [5.41, 5.74) is 7.91. The van der Waals surface area contributed by atoms with Crippen LogP contribution in [0.5, 0.6) is 0 Å². The number of nitrogens with two attached hydrogens (primary N) is 1. The Bertz CT molecular complexity index is 712. The number of nitrogens with one attached hydrogen (secondary N) is 2. The highest BCUT2D eigenvalue weighted by molar-refractivity contribution is 5.94. The average Bonchev–Trinajstić information content (AvgIpc) is 3.17. The van der Waals surface area contributed by atoms with Crippen molar-refractivity contribution in [2.24, 2.45) is 11.7 Å². The van der Waals surface area contributed by atoms with E-state index in [9.17, 15) is 9.59 Å². The van der Waals surface area contributed by atoms with Crippen LogP contribution >= 0.6 is 0 Å². The second-order valence-corrected chi connectivity index (χ2v) is 6.35. The summed E-state index contributed by atoms with van der Waals surface area (Å²) in [7, 11) is 0. The van der Waals surface area contributed by atoms with E-state index in [-0.39, 0.29) is 17.7 Å². The smallest absolute Gasteiger partial charge is 0.251 e. The molecule has 1 aromatic carbocycles. The molecule has 2 amide bonds. The fourth-order valence-corrected chi connectivity index (χ4v) is 3.14. The summed E-state index contributed by atoms with van der Waals surface area (Å²) in [5, 5.41) is 9.74. The maximum Gasteiger partial charge on any atom is 0.251 e. The van der Waals surface area contributed by atoms with Crippen molar-refractivity contribution in [3.63, 3.8) is 0 Å². The SMILES string of the molecule is NC(=O)[C@H]1CCCN(CCNC(=O)c2ccc(-c3ccn[nH]3)cc2)C1. The number of amides is 2. The zero-order chi connectivity index (χ0) is 17.6. The standard InChI is InChI=1S/C18H23N5O2/c19-17(24)15-2-1-10-23(12-15)11-9-20-18(25)14-5-3-13(4-6-14)16-7-8-21-22-16/h3-8,15H,1-2,9-12H2,(H2,19,24)(H,20,25)(H,21,22)/t15-/m0/s1. The van der Waals surface area contributed by atoms with Gasteiger partial charge in [0.1, 0.15) is 0 Å². The fraction of sp³-hybridized carbons (Fsp3) is 0.389. The molecule has 132 valence electrons. The molecule has 1 aliphatic rings. The van der Waals surface area contributed by atoms with Gasteiger partial charge in [-0.05, 0) is 43.1 Å². The highest BCUT2D eigenvalue weighted by atomic mass is 16.2. The molecule has 0 aliphatic carbocycles. The number of aromatic nitrogens is 2. The molecule has 0 spiro atoms. The zero-order valence-corrected chi connectivity index (χ0v) is 14.1. The van der Waals surface area contributed by atoms with Gasteiger partial charge in [-0.3, -0.25) is 14.7 Å². The lowest BCUT2D eigenvalue weighted by atomic mass is 9.97. The summed E-state index contributed by atoms with van der Waals surface area (Å²) < 4.78 is 0. The van der Waals surface area contributed by atoms with Crippen LogP contribution in [0.15, 0.2) is 36.5 Å². The first kappa shape index (κ1) is 17.2. The molecule has 7 nitrogen and oxygen atoms in total. The van der Waals surface area contributed by atoms with Gasteiger partial charge in [0.05, 0.1) is 11.6 Å². The van der Waals surface area contributed by atoms with E-state index in [1.165, 1.54) is 0 Å². The van der Waals surface area contributed by atoms with Crippen molar-refractivity contribution in [2.45, 2.75) is 12.8 Å². The molecule has 7 heteroatoms. The molecule has 0 unspecified atom stereocenters. The number of piperidine rings is 1. The maximum atomic E-state index is 12.2. The molecule has 25 heavy (non-hydrogen) atoms. The highest BCUT2D eigenvalue weighted by Gasteiger charge is 2.23. The van der Waals surface area contributed by atoms with E-state index in [0.29, 0.717) is 18.7 Å². The first-order valence-electron chi connectivity index (χ1n) is 8.53. The van der Waals surface area contributed by atoms with Gasteiger partial charge in [-0.25, -0.2) is 0 Å². The number of benzene rings is 1. The van der Waals surface area contributed by atoms with Crippen LogP contribution in [0.1, 0.15) is 23.2 Å². The Kier molecular flexibility index (Phi) is 5.45. The van der Waals surface area contributed by atoms with Crippen LogP contribution in [-0.2, 0) is 4.79 Å². The van der Waals surface area contributed by atoms with Crippen LogP contribution in [-0.4, -0.2) is 53.1 Å². The number of H-pyrrole nitrogens is 1. The van der Waals surface area contributed by atoms with Crippen LogP contribution < -0.4 is 11.1 Å². The second-order valence-electron chi connectivity index (χ2n) is 6.35. The van der Waals surface area contributed by atoms with E-state index in [1.807, 2.05) is 18.2 Å². The summed E-state index contributed by atoms with van der Waals surface area (Å²) >= 11 is 0. The Hall–Kier alpha value is -2.67. The van der Waals surface area contributed by atoms with Crippen molar-refractivity contribution in [3.8, 4) is 11.3 Å². The number of hydrogen-bond acceptors (Lipinski definition) is 4. The van der Waals surface area contributed by atoms with Gasteiger partial charge in [-0.2, -0.15) is 5.10 Å². The summed E-state index contributed by atoms with van der Waals surface area (Å²) in [4.78, 5) is 25.7. The van der Waals surface area contributed by atoms with Crippen molar-refractivity contribution in [1.82, 2.24) is 20.4 Å². The normalized spacial score (nSPS) is 18.0. The van der Waals surface area contributed by atoms with Gasteiger partial charge in [0.25, 0.3) is 5.91 Å². The minimum Gasteiger partial charge on any atom is -0.369 e. The third-order valence-electron chi connectivity index (χ3n) is 4.58. The van der Waals surface area contributed by atoms with Crippen LogP contribution in [0.2, 0.25) is 0 Å². The molecule has 0 saturated carbocycles. The molecule has 1 fully saturated rings.